The highest BCUT2D eigenvalue weighted by Gasteiger charge is 2.09. The van der Waals surface area contributed by atoms with E-state index in [-0.39, 0.29) is 5.75 Å². The average Bonchev–Trinajstić information content (AvgIpc) is 2.49. The standard InChI is InChI=1S/C17H17ClN2O3S/c1-12(2)19-20-17(13-4-8-15(18)9-5-13)14-6-10-16(11-7-14)23-24(3,21)22/h4-11H,1-3H3. The van der Waals surface area contributed by atoms with Crippen LogP contribution in [0.3, 0.4) is 0 Å². The van der Waals surface area contributed by atoms with E-state index in [4.69, 9.17) is 15.8 Å². The zero-order valence-electron chi connectivity index (χ0n) is 13.5. The van der Waals surface area contributed by atoms with Crippen molar-refractivity contribution in [3.8, 4) is 5.75 Å². The van der Waals surface area contributed by atoms with Gasteiger partial charge in [-0.05, 0) is 50.2 Å². The molecule has 2 rings (SSSR count). The summed E-state index contributed by atoms with van der Waals surface area (Å²) in [6, 6.07) is 13.9. The van der Waals surface area contributed by atoms with Crippen LogP contribution in [0.5, 0.6) is 5.75 Å². The molecule has 0 radical (unpaired) electrons. The van der Waals surface area contributed by atoms with Gasteiger partial charge < -0.3 is 4.18 Å². The molecule has 0 amide bonds. The molecule has 24 heavy (non-hydrogen) atoms. The Hall–Kier alpha value is -2.18. The first-order valence-corrected chi connectivity index (χ1v) is 9.29. The van der Waals surface area contributed by atoms with Crippen molar-refractivity contribution >= 4 is 33.1 Å². The van der Waals surface area contributed by atoms with Crippen molar-refractivity contribution in [2.45, 2.75) is 13.8 Å². The average molecular weight is 365 g/mol. The Bertz CT molecular complexity index is 867. The van der Waals surface area contributed by atoms with Crippen molar-refractivity contribution in [1.29, 1.82) is 0 Å². The van der Waals surface area contributed by atoms with Gasteiger partial charge in [-0.25, -0.2) is 0 Å². The third-order valence-corrected chi connectivity index (χ3v) is 3.59. The van der Waals surface area contributed by atoms with Gasteiger partial charge in [0, 0.05) is 21.9 Å². The van der Waals surface area contributed by atoms with Gasteiger partial charge in [-0.3, -0.25) is 0 Å². The zero-order chi connectivity index (χ0) is 17.7. The van der Waals surface area contributed by atoms with Crippen LogP contribution in [0.15, 0.2) is 58.7 Å². The minimum absolute atomic E-state index is 0.242. The van der Waals surface area contributed by atoms with Crippen molar-refractivity contribution in [2.75, 3.05) is 6.26 Å². The van der Waals surface area contributed by atoms with E-state index in [0.29, 0.717) is 10.7 Å². The van der Waals surface area contributed by atoms with E-state index in [2.05, 4.69) is 10.2 Å². The summed E-state index contributed by atoms with van der Waals surface area (Å²) >= 11 is 5.93. The van der Waals surface area contributed by atoms with Crippen LogP contribution in [-0.2, 0) is 10.1 Å². The lowest BCUT2D eigenvalue weighted by atomic mass is 10.0. The Morgan fingerprint density at radius 1 is 0.917 bits per heavy atom. The van der Waals surface area contributed by atoms with E-state index in [1.54, 1.807) is 36.4 Å². The number of rotatable bonds is 5. The van der Waals surface area contributed by atoms with Gasteiger partial charge in [-0.1, -0.05) is 23.7 Å². The van der Waals surface area contributed by atoms with E-state index in [0.717, 1.165) is 23.1 Å². The lowest BCUT2D eigenvalue weighted by Crippen LogP contribution is -2.07. The fourth-order valence-electron chi connectivity index (χ4n) is 1.88. The SMILES string of the molecule is CC(C)=NN=C(c1ccc(Cl)cc1)c1ccc(OS(C)(=O)=O)cc1. The third kappa shape index (κ3) is 5.47. The normalized spacial score (nSPS) is 11.9. The first-order valence-electron chi connectivity index (χ1n) is 7.09. The van der Waals surface area contributed by atoms with Crippen molar-refractivity contribution in [2.24, 2.45) is 10.2 Å². The van der Waals surface area contributed by atoms with Gasteiger partial charge >= 0.3 is 10.1 Å². The van der Waals surface area contributed by atoms with Crippen LogP contribution in [0.2, 0.25) is 5.02 Å². The highest BCUT2D eigenvalue weighted by atomic mass is 35.5. The highest BCUT2D eigenvalue weighted by Crippen LogP contribution is 2.19. The molecule has 2 aromatic carbocycles. The molecule has 0 spiro atoms. The predicted octanol–water partition coefficient (Wildman–Crippen LogP) is 3.91. The molecule has 0 aliphatic rings. The number of halogens is 1. The summed E-state index contributed by atoms with van der Waals surface area (Å²) in [6.45, 7) is 3.71. The second kappa shape index (κ2) is 7.59. The predicted molar refractivity (Wildman–Crippen MR) is 97.8 cm³/mol. The Morgan fingerprint density at radius 2 is 1.42 bits per heavy atom. The minimum Gasteiger partial charge on any atom is -0.383 e. The van der Waals surface area contributed by atoms with Crippen LogP contribution >= 0.6 is 11.6 Å². The molecule has 0 N–H and O–H groups in total. The molecule has 0 unspecified atom stereocenters. The number of hydrogen-bond acceptors (Lipinski definition) is 5. The number of hydrogen-bond donors (Lipinski definition) is 0. The Balaban J connectivity index is 2.42. The van der Waals surface area contributed by atoms with E-state index < -0.39 is 10.1 Å². The molecule has 7 heteroatoms. The van der Waals surface area contributed by atoms with Crippen molar-refractivity contribution in [3.05, 3.63) is 64.7 Å². The molecule has 0 heterocycles. The molecule has 5 nitrogen and oxygen atoms in total. The molecule has 0 aliphatic carbocycles. The summed E-state index contributed by atoms with van der Waals surface area (Å²) in [7, 11) is -3.56. The number of nitrogens with zero attached hydrogens (tertiary/aromatic N) is 2. The van der Waals surface area contributed by atoms with Crippen LogP contribution in [0.25, 0.3) is 0 Å². The van der Waals surface area contributed by atoms with Crippen LogP contribution in [0, 0.1) is 0 Å². The van der Waals surface area contributed by atoms with Gasteiger partial charge in [0.25, 0.3) is 0 Å². The molecule has 0 aliphatic heterocycles. The Labute approximate surface area is 146 Å². The van der Waals surface area contributed by atoms with Crippen molar-refractivity contribution in [3.63, 3.8) is 0 Å². The van der Waals surface area contributed by atoms with Crippen LogP contribution in [-0.4, -0.2) is 26.1 Å². The minimum atomic E-state index is -3.56. The summed E-state index contributed by atoms with van der Waals surface area (Å²) in [5, 5.41) is 9.06. The molecule has 0 atom stereocenters. The molecule has 0 aromatic heterocycles. The molecule has 0 saturated heterocycles. The zero-order valence-corrected chi connectivity index (χ0v) is 15.1. The lowest BCUT2D eigenvalue weighted by molar-refractivity contribution is 0.493. The second-order valence-corrected chi connectivity index (χ2v) is 7.33. The molecule has 0 saturated carbocycles. The van der Waals surface area contributed by atoms with Gasteiger partial charge in [0.1, 0.15) is 11.5 Å². The summed E-state index contributed by atoms with van der Waals surface area (Å²) in [5.74, 6) is 0.242. The smallest absolute Gasteiger partial charge is 0.306 e. The fourth-order valence-corrected chi connectivity index (χ4v) is 2.47. The first kappa shape index (κ1) is 18.2. The Morgan fingerprint density at radius 3 is 1.88 bits per heavy atom. The van der Waals surface area contributed by atoms with Crippen molar-refractivity contribution < 1.29 is 12.6 Å². The first-order chi connectivity index (χ1) is 11.2. The molecule has 0 fully saturated rings. The van der Waals surface area contributed by atoms with Crippen LogP contribution < -0.4 is 4.18 Å². The van der Waals surface area contributed by atoms with E-state index in [9.17, 15) is 8.42 Å². The van der Waals surface area contributed by atoms with Gasteiger partial charge in [0.05, 0.1) is 6.26 Å². The lowest BCUT2D eigenvalue weighted by Gasteiger charge is -2.08. The topological polar surface area (TPSA) is 68.1 Å². The highest BCUT2D eigenvalue weighted by molar-refractivity contribution is 7.86. The van der Waals surface area contributed by atoms with Gasteiger partial charge in [0.15, 0.2) is 0 Å². The van der Waals surface area contributed by atoms with E-state index in [1.165, 1.54) is 0 Å². The van der Waals surface area contributed by atoms with Gasteiger partial charge in [-0.15, -0.1) is 5.10 Å². The quantitative estimate of drug-likeness (QED) is 0.459. The second-order valence-electron chi connectivity index (χ2n) is 5.31. The van der Waals surface area contributed by atoms with Gasteiger partial charge in [-0.2, -0.15) is 13.5 Å². The molecule has 126 valence electrons. The Kier molecular flexibility index (Phi) is 5.75. The molecular formula is C17H17ClN2O3S. The summed E-state index contributed by atoms with van der Waals surface area (Å²) < 4.78 is 27.2. The summed E-state index contributed by atoms with van der Waals surface area (Å²) in [4.78, 5) is 0. The van der Waals surface area contributed by atoms with E-state index in [1.807, 2.05) is 26.0 Å². The largest absolute Gasteiger partial charge is 0.383 e. The monoisotopic (exact) mass is 364 g/mol. The summed E-state index contributed by atoms with van der Waals surface area (Å²) in [5.41, 5.74) is 3.10. The molecular weight excluding hydrogens is 348 g/mol. The van der Waals surface area contributed by atoms with Crippen LogP contribution in [0.1, 0.15) is 25.0 Å². The van der Waals surface area contributed by atoms with E-state index >= 15 is 0 Å². The van der Waals surface area contributed by atoms with Crippen LogP contribution in [0.4, 0.5) is 0 Å². The van der Waals surface area contributed by atoms with Crippen molar-refractivity contribution in [1.82, 2.24) is 0 Å². The fraction of sp³-hybridized carbons (Fsp3) is 0.176. The molecule has 2 aromatic rings. The maximum absolute atomic E-state index is 11.2. The third-order valence-electron chi connectivity index (χ3n) is 2.84. The number of benzene rings is 2. The summed E-state index contributed by atoms with van der Waals surface area (Å²) in [6.07, 6.45) is 1.00. The molecule has 0 bridgehead atoms. The maximum Gasteiger partial charge on any atom is 0.306 e. The van der Waals surface area contributed by atoms with Gasteiger partial charge in [0.2, 0.25) is 0 Å². The maximum atomic E-state index is 11.2.